The monoisotopic (exact) mass is 354 g/mol. The van der Waals surface area contributed by atoms with Crippen LogP contribution >= 0.6 is 15.9 Å². The smallest absolute Gasteiger partial charge is 0.240 e. The molecule has 0 amide bonds. The highest BCUT2D eigenvalue weighted by Gasteiger charge is 2.16. The number of pyridine rings is 1. The first-order valence-electron chi connectivity index (χ1n) is 6.14. The van der Waals surface area contributed by atoms with Crippen molar-refractivity contribution in [2.75, 3.05) is 6.54 Å². The zero-order chi connectivity index (χ0) is 14.6. The molecule has 106 valence electrons. The Bertz CT molecular complexity index is 688. The van der Waals surface area contributed by atoms with E-state index in [1.54, 1.807) is 31.5 Å². The minimum absolute atomic E-state index is 0.304. The number of hydrogen-bond donors (Lipinski definition) is 1. The Balaban J connectivity index is 2.06. The lowest BCUT2D eigenvalue weighted by molar-refractivity contribution is 0.581. The van der Waals surface area contributed by atoms with Crippen molar-refractivity contribution in [3.05, 3.63) is 58.3 Å². The van der Waals surface area contributed by atoms with Gasteiger partial charge in [0.1, 0.15) is 0 Å². The van der Waals surface area contributed by atoms with Crippen LogP contribution in [0, 0.1) is 6.92 Å². The molecular formula is C14H15BrN2O2S. The number of halogens is 1. The lowest BCUT2D eigenvalue weighted by Crippen LogP contribution is -2.26. The van der Waals surface area contributed by atoms with Gasteiger partial charge in [0.05, 0.1) is 4.90 Å². The van der Waals surface area contributed by atoms with Crippen LogP contribution in [0.15, 0.2) is 52.1 Å². The normalized spacial score (nSPS) is 11.5. The molecule has 0 saturated carbocycles. The molecule has 0 unspecified atom stereocenters. The average molecular weight is 355 g/mol. The van der Waals surface area contributed by atoms with E-state index in [1.807, 2.05) is 18.2 Å². The molecule has 1 aromatic heterocycles. The number of aryl methyl sites for hydroxylation is 1. The van der Waals surface area contributed by atoms with Gasteiger partial charge in [-0.2, -0.15) is 0 Å². The molecule has 6 heteroatoms. The number of aromatic nitrogens is 1. The molecule has 0 atom stereocenters. The molecule has 1 aromatic carbocycles. The molecule has 0 aliphatic heterocycles. The van der Waals surface area contributed by atoms with Gasteiger partial charge in [-0.25, -0.2) is 13.1 Å². The van der Waals surface area contributed by atoms with Crippen LogP contribution in [0.2, 0.25) is 0 Å². The Morgan fingerprint density at radius 1 is 1.30 bits per heavy atom. The van der Waals surface area contributed by atoms with Gasteiger partial charge in [0.2, 0.25) is 10.0 Å². The van der Waals surface area contributed by atoms with E-state index in [1.165, 1.54) is 0 Å². The number of rotatable bonds is 5. The van der Waals surface area contributed by atoms with Crippen LogP contribution in [-0.4, -0.2) is 19.9 Å². The Hall–Kier alpha value is -1.24. The van der Waals surface area contributed by atoms with Crippen LogP contribution in [0.5, 0.6) is 0 Å². The Morgan fingerprint density at radius 2 is 2.10 bits per heavy atom. The molecule has 2 aromatic rings. The van der Waals surface area contributed by atoms with Gasteiger partial charge in [-0.05, 0) is 42.7 Å². The first kappa shape index (κ1) is 15.2. The van der Waals surface area contributed by atoms with E-state index in [0.717, 1.165) is 15.6 Å². The fourth-order valence-electron chi connectivity index (χ4n) is 1.82. The predicted molar refractivity (Wildman–Crippen MR) is 82.0 cm³/mol. The highest BCUT2D eigenvalue weighted by atomic mass is 79.9. The van der Waals surface area contributed by atoms with Gasteiger partial charge in [0, 0.05) is 23.4 Å². The second-order valence-corrected chi connectivity index (χ2v) is 7.07. The second kappa shape index (κ2) is 6.47. The molecule has 4 nitrogen and oxygen atoms in total. The van der Waals surface area contributed by atoms with E-state index < -0.39 is 10.0 Å². The topological polar surface area (TPSA) is 59.1 Å². The molecule has 0 bridgehead atoms. The van der Waals surface area contributed by atoms with Crippen molar-refractivity contribution in [3.8, 4) is 0 Å². The number of hydrogen-bond acceptors (Lipinski definition) is 3. The summed E-state index contributed by atoms with van der Waals surface area (Å²) < 4.78 is 27.9. The van der Waals surface area contributed by atoms with Crippen LogP contribution in [0.4, 0.5) is 0 Å². The molecule has 0 saturated heterocycles. The molecule has 2 rings (SSSR count). The van der Waals surface area contributed by atoms with Crippen LogP contribution in [0.3, 0.4) is 0 Å². The van der Waals surface area contributed by atoms with Gasteiger partial charge < -0.3 is 0 Å². The molecule has 0 fully saturated rings. The summed E-state index contributed by atoms with van der Waals surface area (Å²) in [4.78, 5) is 4.30. The summed E-state index contributed by atoms with van der Waals surface area (Å²) in [5.41, 5.74) is 1.73. The van der Waals surface area contributed by atoms with E-state index >= 15 is 0 Å². The van der Waals surface area contributed by atoms with Gasteiger partial charge in [-0.15, -0.1) is 0 Å². The van der Waals surface area contributed by atoms with Gasteiger partial charge >= 0.3 is 0 Å². The zero-order valence-electron chi connectivity index (χ0n) is 11.0. The maximum atomic E-state index is 12.2. The standard InChI is InChI=1S/C14H15BrN2O2S/c1-11-4-5-13(15)9-14(11)20(18,19)17-8-6-12-3-2-7-16-10-12/h2-5,7,9-10,17H,6,8H2,1H3. The molecule has 1 heterocycles. The number of sulfonamides is 1. The van der Waals surface area contributed by atoms with Crippen LogP contribution in [0.25, 0.3) is 0 Å². The van der Waals surface area contributed by atoms with Crippen LogP contribution < -0.4 is 4.72 Å². The van der Waals surface area contributed by atoms with Gasteiger partial charge in [-0.1, -0.05) is 28.1 Å². The maximum absolute atomic E-state index is 12.2. The minimum Gasteiger partial charge on any atom is -0.264 e. The maximum Gasteiger partial charge on any atom is 0.240 e. The van der Waals surface area contributed by atoms with Crippen molar-refractivity contribution < 1.29 is 8.42 Å². The van der Waals surface area contributed by atoms with E-state index in [0.29, 0.717) is 17.9 Å². The van der Waals surface area contributed by atoms with Crippen molar-refractivity contribution in [3.63, 3.8) is 0 Å². The molecule has 0 spiro atoms. The summed E-state index contributed by atoms with van der Waals surface area (Å²) >= 11 is 3.29. The highest BCUT2D eigenvalue weighted by Crippen LogP contribution is 2.20. The van der Waals surface area contributed by atoms with Crippen LogP contribution in [-0.2, 0) is 16.4 Å². The van der Waals surface area contributed by atoms with Crippen molar-refractivity contribution in [1.82, 2.24) is 9.71 Å². The first-order valence-corrected chi connectivity index (χ1v) is 8.41. The van der Waals surface area contributed by atoms with Crippen molar-refractivity contribution in [2.24, 2.45) is 0 Å². The lowest BCUT2D eigenvalue weighted by Gasteiger charge is -2.09. The van der Waals surface area contributed by atoms with Gasteiger partial charge in [0.25, 0.3) is 0 Å². The largest absolute Gasteiger partial charge is 0.264 e. The summed E-state index contributed by atoms with van der Waals surface area (Å²) in [6.07, 6.45) is 4.04. The molecule has 0 aliphatic carbocycles. The third-order valence-corrected chi connectivity index (χ3v) is 4.96. The average Bonchev–Trinajstić information content (AvgIpc) is 2.42. The van der Waals surface area contributed by atoms with E-state index in [4.69, 9.17) is 0 Å². The Kier molecular flexibility index (Phi) is 4.91. The van der Waals surface area contributed by atoms with E-state index in [9.17, 15) is 8.42 Å². The van der Waals surface area contributed by atoms with Crippen molar-refractivity contribution in [1.29, 1.82) is 0 Å². The SMILES string of the molecule is Cc1ccc(Br)cc1S(=O)(=O)NCCc1cccnc1. The minimum atomic E-state index is -3.48. The third-order valence-electron chi connectivity index (χ3n) is 2.87. The summed E-state index contributed by atoms with van der Waals surface area (Å²) in [7, 11) is -3.48. The van der Waals surface area contributed by atoms with Gasteiger partial charge in [0.15, 0.2) is 0 Å². The van der Waals surface area contributed by atoms with Crippen LogP contribution in [0.1, 0.15) is 11.1 Å². The third kappa shape index (κ3) is 3.88. The highest BCUT2D eigenvalue weighted by molar-refractivity contribution is 9.10. The molecule has 0 aliphatic rings. The quantitative estimate of drug-likeness (QED) is 0.897. The molecule has 20 heavy (non-hydrogen) atoms. The Labute approximate surface area is 127 Å². The molecule has 0 radical (unpaired) electrons. The fourth-order valence-corrected chi connectivity index (χ4v) is 3.63. The lowest BCUT2D eigenvalue weighted by atomic mass is 10.2. The van der Waals surface area contributed by atoms with Gasteiger partial charge in [-0.3, -0.25) is 4.98 Å². The zero-order valence-corrected chi connectivity index (χ0v) is 13.4. The van der Waals surface area contributed by atoms with Crippen molar-refractivity contribution >= 4 is 26.0 Å². The number of benzene rings is 1. The predicted octanol–water partition coefficient (Wildman–Crippen LogP) is 2.67. The summed E-state index contributed by atoms with van der Waals surface area (Å²) in [5, 5.41) is 0. The van der Waals surface area contributed by atoms with E-state index in [2.05, 4.69) is 25.6 Å². The molecular weight excluding hydrogens is 340 g/mol. The fraction of sp³-hybridized carbons (Fsp3) is 0.214. The molecule has 1 N–H and O–H groups in total. The number of nitrogens with one attached hydrogen (secondary N) is 1. The number of nitrogens with zero attached hydrogens (tertiary/aromatic N) is 1. The van der Waals surface area contributed by atoms with Crippen molar-refractivity contribution in [2.45, 2.75) is 18.2 Å². The van der Waals surface area contributed by atoms with E-state index in [-0.39, 0.29) is 0 Å². The summed E-state index contributed by atoms with van der Waals surface area (Å²) in [6.45, 7) is 2.13. The summed E-state index contributed by atoms with van der Waals surface area (Å²) in [6, 6.07) is 8.97. The second-order valence-electron chi connectivity index (χ2n) is 4.42. The summed E-state index contributed by atoms with van der Waals surface area (Å²) in [5.74, 6) is 0. The first-order chi connectivity index (χ1) is 9.49. The Morgan fingerprint density at radius 3 is 2.80 bits per heavy atom.